The molecule has 0 aromatic heterocycles. The van der Waals surface area contributed by atoms with E-state index in [2.05, 4.69) is 30.3 Å². The van der Waals surface area contributed by atoms with Gasteiger partial charge in [-0.1, -0.05) is 15.9 Å². The molecule has 0 aliphatic heterocycles. The topological polar surface area (TPSA) is 274 Å². The van der Waals surface area contributed by atoms with Crippen molar-refractivity contribution in [1.29, 1.82) is 0 Å². The molecule has 2 aromatic carbocycles. The number of halogens is 1. The fourth-order valence-electron chi connectivity index (χ4n) is 3.24. The normalized spacial score (nSPS) is 10.7. The van der Waals surface area contributed by atoms with E-state index in [1.807, 2.05) is 6.92 Å². The first-order valence-electron chi connectivity index (χ1n) is 16.2. The average molecular weight is 1200 g/mol. The van der Waals surface area contributed by atoms with Gasteiger partial charge in [-0.3, -0.25) is 19.2 Å². The van der Waals surface area contributed by atoms with Crippen LogP contribution in [-0.2, 0) is 56.9 Å². The van der Waals surface area contributed by atoms with Crippen molar-refractivity contribution < 1.29 is 220 Å². The van der Waals surface area contributed by atoms with Gasteiger partial charge in [0.1, 0.15) is 27.3 Å². The number of aryl methyl sites for hydroxylation is 4. The molecule has 0 amide bonds. The van der Waals surface area contributed by atoms with E-state index in [-0.39, 0.29) is 180 Å². The van der Waals surface area contributed by atoms with Crippen LogP contribution in [0.4, 0.5) is 0 Å². The van der Waals surface area contributed by atoms with Gasteiger partial charge >= 0.3 is 212 Å². The quantitative estimate of drug-likeness (QED) is 0.0390. The molecule has 3 rings (SSSR count). The zero-order valence-corrected chi connectivity index (χ0v) is 56.1. The van der Waals surface area contributed by atoms with Crippen LogP contribution in [-0.4, -0.2) is 130 Å². The second kappa shape index (κ2) is 38.3. The van der Waals surface area contributed by atoms with Gasteiger partial charge in [0.25, 0.3) is 6.47 Å². The van der Waals surface area contributed by atoms with E-state index in [0.717, 1.165) is 5.56 Å². The fraction of sp³-hybridized carbons (Fsp3) is 0.400. The number of ether oxygens (including phenoxy) is 3. The van der Waals surface area contributed by atoms with E-state index in [0.29, 0.717) is 33.6 Å². The summed E-state index contributed by atoms with van der Waals surface area (Å²) in [4.78, 5) is 55.0. The Labute approximate surface area is 503 Å². The van der Waals surface area contributed by atoms with Gasteiger partial charge in [-0.25, -0.2) is 4.79 Å². The number of phenols is 3. The molecule has 0 unspecified atom stereocenters. The maximum atomic E-state index is 11.5. The number of hydrogen-bond acceptors (Lipinski definition) is 17. The first-order valence-corrected chi connectivity index (χ1v) is 27.7. The summed E-state index contributed by atoms with van der Waals surface area (Å²) in [7, 11) is -3.21. The minimum absolute atomic E-state index is 0. The van der Waals surface area contributed by atoms with Crippen LogP contribution in [0, 0.1) is 27.7 Å². The van der Waals surface area contributed by atoms with Crippen LogP contribution in [0.1, 0.15) is 65.2 Å². The molecule has 312 valence electrons. The van der Waals surface area contributed by atoms with Crippen LogP contribution in [0.5, 0.6) is 23.0 Å². The molecule has 0 heterocycles. The summed E-state index contributed by atoms with van der Waals surface area (Å²) in [6.45, 7) is 16.9. The number of ketones is 2. The van der Waals surface area contributed by atoms with E-state index in [4.69, 9.17) is 41.8 Å². The third kappa shape index (κ3) is 34.1. The van der Waals surface area contributed by atoms with Gasteiger partial charge in [-0.2, -0.15) is 16.8 Å². The van der Waals surface area contributed by atoms with E-state index < -0.39 is 34.4 Å². The number of alkyl halides is 1. The Kier molecular flexibility index (Phi) is 46.6. The van der Waals surface area contributed by atoms with Gasteiger partial charge < -0.3 is 41.1 Å². The summed E-state index contributed by atoms with van der Waals surface area (Å²) < 4.78 is 50.5. The first-order chi connectivity index (χ1) is 26.0. The molecule has 24 heteroatoms. The Morgan fingerprint density at radius 2 is 0.983 bits per heavy atom. The number of methoxy groups -OCH3 is 2. The number of allylic oxidation sites excluding steroid dienone is 4. The van der Waals surface area contributed by atoms with Gasteiger partial charge in [-0.05, 0) is 128 Å². The van der Waals surface area contributed by atoms with Gasteiger partial charge in [0.05, 0.1) is 14.2 Å². The summed E-state index contributed by atoms with van der Waals surface area (Å²) in [5.74, 6) is 0.432. The SMILES string of the molecule is CC1=CC(=O)C(C)=CC1=O.COC(=O)C(C)(C)Br.COC(=O)C(C)(C)Oc1cc(C)c(O)cc1C.Cc1cc(O)c(C)cc1O.O=CO[O-].O=S(=O)=S(=O)=O.[Cs+].[Cs+].[H-].[Na][Na]. The van der Waals surface area contributed by atoms with Crippen molar-refractivity contribution in [2.24, 2.45) is 0 Å². The number of hydrogen-bond donors (Lipinski definition) is 3. The summed E-state index contributed by atoms with van der Waals surface area (Å²) in [5, 5.41) is 36.2. The fourth-order valence-corrected chi connectivity index (χ4v) is 3.40. The molecule has 0 fully saturated rings. The monoisotopic (exact) mass is 1190 g/mol. The molecular weight excluding hydrogens is 1150 g/mol. The Hall–Kier alpha value is 1.05. The van der Waals surface area contributed by atoms with Crippen molar-refractivity contribution in [3.8, 4) is 23.0 Å². The number of carbonyl (C=O) groups is 5. The van der Waals surface area contributed by atoms with Crippen molar-refractivity contribution in [3.05, 3.63) is 69.8 Å². The van der Waals surface area contributed by atoms with Crippen LogP contribution >= 0.6 is 15.9 Å². The molecule has 3 N–H and O–H groups in total. The van der Waals surface area contributed by atoms with E-state index in [1.165, 1.54) is 70.0 Å². The third-order valence-corrected chi connectivity index (χ3v) is 7.56. The second-order valence-corrected chi connectivity index (χ2v) is 16.3. The summed E-state index contributed by atoms with van der Waals surface area (Å²) >= 11 is 6.02. The number of rotatable bonds is 5. The van der Waals surface area contributed by atoms with Crippen molar-refractivity contribution in [2.75, 3.05) is 14.2 Å². The van der Waals surface area contributed by atoms with Crippen molar-refractivity contribution in [2.45, 2.75) is 79.2 Å². The predicted octanol–water partition coefficient (Wildman–Crippen LogP) is -3.13. The van der Waals surface area contributed by atoms with E-state index in [9.17, 15) is 24.3 Å². The molecule has 0 radical (unpaired) electrons. The van der Waals surface area contributed by atoms with Gasteiger partial charge in [0.15, 0.2) is 17.2 Å². The van der Waals surface area contributed by atoms with Crippen molar-refractivity contribution >= 4 is 108 Å². The molecule has 0 bridgehead atoms. The molecule has 1 aliphatic carbocycles. The van der Waals surface area contributed by atoms with Crippen molar-refractivity contribution in [1.82, 2.24) is 0 Å². The molecule has 2 aromatic rings. The first kappa shape index (κ1) is 71.7. The van der Waals surface area contributed by atoms with Crippen LogP contribution in [0.2, 0.25) is 0 Å². The van der Waals surface area contributed by atoms with Crippen LogP contribution in [0.3, 0.4) is 0 Å². The second-order valence-electron chi connectivity index (χ2n) is 11.9. The molecule has 0 saturated carbocycles. The molecule has 59 heavy (non-hydrogen) atoms. The Balaban J connectivity index is -0.000000116. The average Bonchev–Trinajstić information content (AvgIpc) is 3.13. The van der Waals surface area contributed by atoms with Crippen molar-refractivity contribution in [3.63, 3.8) is 0 Å². The minimum atomic E-state index is -2.95. The van der Waals surface area contributed by atoms with Crippen LogP contribution < -0.4 is 148 Å². The Morgan fingerprint density at radius 1 is 0.695 bits per heavy atom. The number of carbonyl (C=O) groups excluding carboxylic acids is 5. The Bertz CT molecular complexity index is 1900. The van der Waals surface area contributed by atoms with Crippen LogP contribution in [0.15, 0.2) is 47.6 Å². The van der Waals surface area contributed by atoms with Gasteiger partial charge in [0.2, 0.25) is 0 Å². The molecule has 0 atom stereocenters. The van der Waals surface area contributed by atoms with Gasteiger partial charge in [0, 0.05) is 11.1 Å². The van der Waals surface area contributed by atoms with E-state index >= 15 is 0 Å². The summed E-state index contributed by atoms with van der Waals surface area (Å²) in [6.07, 6.45) is 2.75. The maximum absolute atomic E-state index is 11.5. The predicted molar refractivity (Wildman–Crippen MR) is 214 cm³/mol. The molecule has 0 spiro atoms. The Morgan fingerprint density at radius 3 is 1.22 bits per heavy atom. The van der Waals surface area contributed by atoms with Crippen LogP contribution in [0.25, 0.3) is 0 Å². The number of benzene rings is 2. The molecular formula is C35H47BrCs2Na2O17S2. The van der Waals surface area contributed by atoms with E-state index in [1.54, 1.807) is 86.6 Å². The number of phenolic OH excluding ortho intramolecular Hbond substituents is 3. The number of aromatic hydroxyl groups is 3. The molecule has 1 aliphatic rings. The summed E-state index contributed by atoms with van der Waals surface area (Å²) in [5.41, 5.74) is 2.86. The number of esters is 2. The molecule has 17 nitrogen and oxygen atoms in total. The van der Waals surface area contributed by atoms with Gasteiger partial charge in [-0.15, -0.1) is 0 Å². The third-order valence-electron chi connectivity index (χ3n) is 6.34. The summed E-state index contributed by atoms with van der Waals surface area (Å²) in [6, 6.07) is 6.41. The zero-order valence-electron chi connectivity index (χ0n) is 37.3. The molecule has 0 saturated heterocycles. The standard InChI is InChI=1S/C13H18O4.C8H10O2.C8H8O2.C5H9BrO2.CH2O3.2Cs.2Na.O4S2.H/c1-8-7-11(9(2)6-10(8)14)17-13(3,4)12(15)16-5;2*1-5-3-8(10)6(2)4-7(5)9;1-5(2,6)4(7)8-3;2-1-4-3;;;;;1-5(2)6(3)4;/h6-7,14H,1-5H3;3-4,9-10H,1-2H3;3-4H,1-2H3;1-3H3;1,3H;;;;;;/q;;;;;2*+1;;;;-1/p-1. The zero-order chi connectivity index (χ0) is 46.0.